The predicted molar refractivity (Wildman–Crippen MR) is 118 cm³/mol. The van der Waals surface area contributed by atoms with E-state index in [2.05, 4.69) is 56.6 Å². The molecular weight excluding hydrogens is 429 g/mol. The number of halogens is 1. The van der Waals surface area contributed by atoms with E-state index in [0.717, 1.165) is 18.2 Å². The van der Waals surface area contributed by atoms with Gasteiger partial charge in [0.1, 0.15) is 11.6 Å². The maximum absolute atomic E-state index is 14.5. The van der Waals surface area contributed by atoms with Gasteiger partial charge in [0, 0.05) is 30.1 Å². The van der Waals surface area contributed by atoms with Crippen molar-refractivity contribution in [3.8, 4) is 23.2 Å². The van der Waals surface area contributed by atoms with Crippen LogP contribution in [0.25, 0.3) is 11.6 Å². The Kier molecular flexibility index (Phi) is 6.03. The van der Waals surface area contributed by atoms with E-state index in [1.807, 2.05) is 0 Å². The van der Waals surface area contributed by atoms with Gasteiger partial charge in [0.25, 0.3) is 0 Å². The molecule has 33 heavy (non-hydrogen) atoms. The Bertz CT molecular complexity index is 1250. The van der Waals surface area contributed by atoms with E-state index in [1.54, 1.807) is 6.07 Å². The average molecular weight is 451 g/mol. The molecule has 0 bridgehead atoms. The molecule has 3 aromatic heterocycles. The highest BCUT2D eigenvalue weighted by Gasteiger charge is 2.15. The molecule has 0 saturated heterocycles. The Morgan fingerprint density at radius 1 is 1.21 bits per heavy atom. The minimum absolute atomic E-state index is 0.0182. The van der Waals surface area contributed by atoms with Crippen LogP contribution < -0.4 is 15.4 Å². The highest BCUT2D eigenvalue weighted by molar-refractivity contribution is 5.99. The molecule has 0 radical (unpaired) electrons. The molecule has 0 aliphatic heterocycles. The fraction of sp³-hybridized carbons (Fsp3) is 0.227. The lowest BCUT2D eigenvalue weighted by atomic mass is 9.91. The average Bonchev–Trinajstić information content (AvgIpc) is 3.41. The van der Waals surface area contributed by atoms with E-state index in [1.165, 1.54) is 37.0 Å². The zero-order chi connectivity index (χ0) is 23.4. The third-order valence-corrected chi connectivity index (χ3v) is 4.29. The second kappa shape index (κ2) is 9.07. The number of anilines is 2. The number of H-pyrrole nitrogens is 1. The van der Waals surface area contributed by atoms with Crippen LogP contribution in [0.3, 0.4) is 0 Å². The monoisotopic (exact) mass is 451 g/mol. The first-order valence-electron chi connectivity index (χ1n) is 10.1. The molecule has 0 spiro atoms. The van der Waals surface area contributed by atoms with E-state index in [0.29, 0.717) is 11.6 Å². The highest BCUT2D eigenvalue weighted by atomic mass is 19.1. The molecule has 0 unspecified atom stereocenters. The molecule has 1 aromatic carbocycles. The molecule has 3 N–H and O–H groups in total. The number of benzene rings is 1. The predicted octanol–water partition coefficient (Wildman–Crippen LogP) is 5.02. The van der Waals surface area contributed by atoms with Gasteiger partial charge in [-0.25, -0.2) is 19.2 Å². The minimum Gasteiger partial charge on any atom is -0.440 e. The number of aromatic nitrogens is 5. The number of oxazole rings is 1. The molecule has 0 atom stereocenters. The van der Waals surface area contributed by atoms with Gasteiger partial charge in [-0.05, 0) is 24.0 Å². The molecule has 11 heteroatoms. The number of amides is 2. The van der Waals surface area contributed by atoms with Crippen LogP contribution in [0.2, 0.25) is 0 Å². The lowest BCUT2D eigenvalue weighted by Gasteiger charge is -2.15. The van der Waals surface area contributed by atoms with Gasteiger partial charge in [0.15, 0.2) is 18.0 Å². The lowest BCUT2D eigenvalue weighted by Crippen LogP contribution is -2.20. The minimum atomic E-state index is -0.678. The summed E-state index contributed by atoms with van der Waals surface area (Å²) in [5, 5.41) is 12.0. The van der Waals surface area contributed by atoms with Crippen molar-refractivity contribution in [3.63, 3.8) is 0 Å². The van der Waals surface area contributed by atoms with Crippen LogP contribution in [-0.2, 0) is 6.42 Å². The maximum Gasteiger partial charge on any atom is 0.324 e. The topological polar surface area (TPSA) is 131 Å². The van der Waals surface area contributed by atoms with Crippen molar-refractivity contribution >= 4 is 17.5 Å². The van der Waals surface area contributed by atoms with Crippen molar-refractivity contribution in [1.82, 2.24) is 25.1 Å². The molecule has 0 saturated carbocycles. The fourth-order valence-electron chi connectivity index (χ4n) is 2.98. The van der Waals surface area contributed by atoms with Crippen LogP contribution in [0.15, 0.2) is 53.5 Å². The second-order valence-corrected chi connectivity index (χ2v) is 8.42. The van der Waals surface area contributed by atoms with Crippen LogP contribution in [0, 0.1) is 11.2 Å². The summed E-state index contributed by atoms with van der Waals surface area (Å²) in [6.45, 7) is 6.30. The van der Waals surface area contributed by atoms with Crippen molar-refractivity contribution in [2.45, 2.75) is 27.2 Å². The van der Waals surface area contributed by atoms with Crippen LogP contribution >= 0.6 is 0 Å². The zero-order valence-electron chi connectivity index (χ0n) is 18.2. The van der Waals surface area contributed by atoms with Gasteiger partial charge < -0.3 is 14.5 Å². The molecular formula is C22H22FN7O3. The molecule has 3 heterocycles. The summed E-state index contributed by atoms with van der Waals surface area (Å²) in [6, 6.07) is 6.68. The Labute approximate surface area is 188 Å². The summed E-state index contributed by atoms with van der Waals surface area (Å²) in [5.74, 6) is 0.712. The van der Waals surface area contributed by atoms with E-state index < -0.39 is 11.8 Å². The van der Waals surface area contributed by atoms with Gasteiger partial charge >= 0.3 is 6.03 Å². The van der Waals surface area contributed by atoms with Gasteiger partial charge in [-0.3, -0.25) is 10.4 Å². The SMILES string of the molecule is CC(C)(C)Cc1cc(NC(=O)Nc2ccc(Oc3ccnc(-c4cnco4)n3)cc2F)n[nH]1. The lowest BCUT2D eigenvalue weighted by molar-refractivity contribution is 0.262. The fourth-order valence-corrected chi connectivity index (χ4v) is 2.98. The first-order chi connectivity index (χ1) is 15.7. The number of nitrogens with one attached hydrogen (secondary N) is 3. The van der Waals surface area contributed by atoms with Crippen molar-refractivity contribution < 1.29 is 18.3 Å². The number of ether oxygens (including phenoxy) is 1. The van der Waals surface area contributed by atoms with Crippen LogP contribution in [0.1, 0.15) is 26.5 Å². The van der Waals surface area contributed by atoms with E-state index >= 15 is 0 Å². The second-order valence-electron chi connectivity index (χ2n) is 8.42. The van der Waals surface area contributed by atoms with Crippen LogP contribution in [-0.4, -0.2) is 31.2 Å². The van der Waals surface area contributed by atoms with Gasteiger partial charge in [-0.1, -0.05) is 20.8 Å². The van der Waals surface area contributed by atoms with E-state index in [-0.39, 0.29) is 28.6 Å². The first kappa shape index (κ1) is 21.9. The van der Waals surface area contributed by atoms with Gasteiger partial charge in [0.05, 0.1) is 11.9 Å². The molecule has 10 nitrogen and oxygen atoms in total. The Morgan fingerprint density at radius 2 is 2.06 bits per heavy atom. The van der Waals surface area contributed by atoms with Crippen LogP contribution in [0.5, 0.6) is 11.6 Å². The van der Waals surface area contributed by atoms with Crippen molar-refractivity contribution in [1.29, 1.82) is 0 Å². The number of hydrogen-bond donors (Lipinski definition) is 3. The van der Waals surface area contributed by atoms with E-state index in [4.69, 9.17) is 9.15 Å². The number of carbonyl (C=O) groups excluding carboxylic acids is 1. The zero-order valence-corrected chi connectivity index (χ0v) is 18.2. The molecule has 2 amide bonds. The summed E-state index contributed by atoms with van der Waals surface area (Å²) >= 11 is 0. The summed E-state index contributed by atoms with van der Waals surface area (Å²) in [7, 11) is 0. The number of aromatic amines is 1. The summed E-state index contributed by atoms with van der Waals surface area (Å²) in [6.07, 6.45) is 4.99. The molecule has 4 rings (SSSR count). The smallest absolute Gasteiger partial charge is 0.324 e. The Hall–Kier alpha value is -4.28. The van der Waals surface area contributed by atoms with Crippen molar-refractivity contribution in [3.05, 3.63) is 60.6 Å². The Morgan fingerprint density at radius 3 is 2.79 bits per heavy atom. The summed E-state index contributed by atoms with van der Waals surface area (Å²) in [4.78, 5) is 24.3. The largest absolute Gasteiger partial charge is 0.440 e. The molecule has 170 valence electrons. The van der Waals surface area contributed by atoms with Crippen LogP contribution in [0.4, 0.5) is 20.7 Å². The number of nitrogens with zero attached hydrogens (tertiary/aromatic N) is 4. The third-order valence-electron chi connectivity index (χ3n) is 4.29. The summed E-state index contributed by atoms with van der Waals surface area (Å²) in [5.41, 5.74) is 0.944. The highest BCUT2D eigenvalue weighted by Crippen LogP contribution is 2.26. The quantitative estimate of drug-likeness (QED) is 0.375. The normalized spacial score (nSPS) is 11.3. The molecule has 0 aliphatic carbocycles. The van der Waals surface area contributed by atoms with Gasteiger partial charge in [0.2, 0.25) is 11.7 Å². The number of hydrogen-bond acceptors (Lipinski definition) is 7. The Balaban J connectivity index is 1.38. The first-order valence-corrected chi connectivity index (χ1v) is 10.1. The third kappa shape index (κ3) is 5.91. The molecule has 4 aromatic rings. The standard InChI is InChI=1S/C22H22FN7O3/c1-22(2,3)10-13-8-18(30-29-13)27-21(31)26-16-5-4-14(9-15(16)23)33-19-6-7-25-20(28-19)17-11-24-12-32-17/h4-9,11-12H,10H2,1-3H3,(H3,26,27,29,30,31). The number of carbonyl (C=O) groups is 1. The maximum atomic E-state index is 14.5. The van der Waals surface area contributed by atoms with Gasteiger partial charge in [-0.2, -0.15) is 10.1 Å². The molecule has 0 fully saturated rings. The summed E-state index contributed by atoms with van der Waals surface area (Å²) < 4.78 is 25.3. The number of urea groups is 1. The van der Waals surface area contributed by atoms with Gasteiger partial charge in [-0.15, -0.1) is 0 Å². The van der Waals surface area contributed by atoms with E-state index in [9.17, 15) is 9.18 Å². The number of rotatable bonds is 6. The van der Waals surface area contributed by atoms with Crippen molar-refractivity contribution in [2.75, 3.05) is 10.6 Å². The molecule has 0 aliphatic rings. The van der Waals surface area contributed by atoms with Crippen molar-refractivity contribution in [2.24, 2.45) is 5.41 Å².